The number of benzene rings is 1. The topological polar surface area (TPSA) is 376 Å². The smallest absolute Gasteiger partial charge is 0.329 e. The molecule has 10 amide bonds. The first-order chi connectivity index (χ1) is 42.5. The molecule has 0 aromatic heterocycles. The van der Waals surface area contributed by atoms with E-state index in [1.165, 1.54) is 70.9 Å². The van der Waals surface area contributed by atoms with Crippen molar-refractivity contribution >= 4 is 88.2 Å². The summed E-state index contributed by atoms with van der Waals surface area (Å²) in [6.07, 6.45) is -5.12. The third kappa shape index (κ3) is 14.2. The molecule has 5 aliphatic heterocycles. The SMILES string of the molecule is Cc1ccc(C(=O)NC2C(=O)N[C@H](C(C)C)C(=O)N3CCC[C@H]3C(=O)N(C)CC(=O)N(C)C(C(C)C)C(=O)OC2C)c2c1OC1C(=N2)C(C(=O)NC2C(=O)N[C@@H](C(C)C)C(=O)N3CC(O)C[C@@H]3C(=O)N(C)CC(=O)N(C)C(C(C)C)C(=O)OC2C)=C(N)C(=O)C1C. The summed E-state index contributed by atoms with van der Waals surface area (Å²) in [5, 5.41) is 21.4. The fraction of sp³-hybridized carbons (Fsp3) is 0.645. The van der Waals surface area contributed by atoms with Crippen molar-refractivity contribution in [2.45, 2.75) is 175 Å². The van der Waals surface area contributed by atoms with Crippen LogP contribution in [-0.4, -0.2) is 244 Å². The van der Waals surface area contributed by atoms with E-state index in [2.05, 4.69) is 21.3 Å². The van der Waals surface area contributed by atoms with Crippen molar-refractivity contribution in [3.8, 4) is 5.75 Å². The van der Waals surface area contributed by atoms with Crippen molar-refractivity contribution in [2.75, 3.05) is 54.4 Å². The first kappa shape index (κ1) is 70.0. The number of Topliss-reactive ketones (excluding diaryl/α,β-unsaturated/α-hetero) is 1. The Morgan fingerprint density at radius 1 is 0.648 bits per heavy atom. The zero-order valence-electron chi connectivity index (χ0n) is 54.6. The van der Waals surface area contributed by atoms with E-state index in [0.29, 0.717) is 12.0 Å². The Balaban J connectivity index is 1.29. The maximum atomic E-state index is 15.2. The number of fused-ring (bicyclic) bond motifs is 4. The monoisotopic (exact) mass is 1270 g/mol. The molecular formula is C62H88N12O17. The van der Waals surface area contributed by atoms with Gasteiger partial charge in [0.25, 0.3) is 11.8 Å². The van der Waals surface area contributed by atoms with Gasteiger partial charge in [-0.15, -0.1) is 0 Å². The van der Waals surface area contributed by atoms with E-state index < -0.39 is 203 Å². The number of carbonyl (C=O) groups excluding carboxylic acids is 13. The highest BCUT2D eigenvalue weighted by atomic mass is 16.6. The molecular weight excluding hydrogens is 1180 g/mol. The number of nitrogens with one attached hydrogen (secondary N) is 4. The molecule has 1 aromatic rings. The molecule has 1 aromatic carbocycles. The van der Waals surface area contributed by atoms with Gasteiger partial charge in [-0.1, -0.05) is 68.4 Å². The van der Waals surface area contributed by atoms with E-state index in [1.54, 1.807) is 62.3 Å². The van der Waals surface area contributed by atoms with E-state index >= 15 is 9.59 Å². The van der Waals surface area contributed by atoms with E-state index in [4.69, 9.17) is 24.9 Å². The van der Waals surface area contributed by atoms with Crippen LogP contribution in [0.1, 0.15) is 111 Å². The zero-order chi connectivity index (χ0) is 67.8. The summed E-state index contributed by atoms with van der Waals surface area (Å²) in [5.74, 6) is -14.6. The molecule has 13 atom stereocenters. The van der Waals surface area contributed by atoms with Crippen molar-refractivity contribution in [3.05, 3.63) is 34.5 Å². The molecule has 0 radical (unpaired) electrons. The summed E-state index contributed by atoms with van der Waals surface area (Å²) in [5.41, 5.74) is 4.87. The highest BCUT2D eigenvalue weighted by molar-refractivity contribution is 6.31. The summed E-state index contributed by atoms with van der Waals surface area (Å²) in [6.45, 7) is 17.7. The van der Waals surface area contributed by atoms with E-state index in [0.717, 1.165) is 19.6 Å². The molecule has 498 valence electrons. The third-order valence-corrected chi connectivity index (χ3v) is 17.9. The quantitative estimate of drug-likeness (QED) is 0.167. The minimum absolute atomic E-state index is 0.0346. The zero-order valence-corrected chi connectivity index (χ0v) is 54.6. The number of ketones is 1. The van der Waals surface area contributed by atoms with Crippen LogP contribution >= 0.6 is 0 Å². The van der Waals surface area contributed by atoms with Gasteiger partial charge in [-0.05, 0) is 68.9 Å². The molecule has 4 fully saturated rings. The first-order valence-corrected chi connectivity index (χ1v) is 30.9. The second-order valence-corrected chi connectivity index (χ2v) is 26.1. The highest BCUT2D eigenvalue weighted by Crippen LogP contribution is 2.43. The number of nitrogens with zero attached hydrogens (tertiary/aromatic N) is 7. The van der Waals surface area contributed by atoms with Crippen molar-refractivity contribution in [1.29, 1.82) is 0 Å². The van der Waals surface area contributed by atoms with Crippen LogP contribution in [0.5, 0.6) is 5.75 Å². The summed E-state index contributed by atoms with van der Waals surface area (Å²) < 4.78 is 18.4. The lowest BCUT2D eigenvalue weighted by atomic mass is 9.81. The molecule has 7 N–H and O–H groups in total. The van der Waals surface area contributed by atoms with Crippen LogP contribution in [0.2, 0.25) is 0 Å². The number of likely N-dealkylation sites (N-methyl/N-ethyl adjacent to an activating group) is 4. The molecule has 5 heterocycles. The van der Waals surface area contributed by atoms with E-state index in [1.807, 2.05) is 0 Å². The van der Waals surface area contributed by atoms with Gasteiger partial charge < -0.3 is 75.7 Å². The standard InChI is InChI=1S/C62H88N12O17/c1-26(2)42-59(85)73-21-17-18-36(73)57(83)69(13)24-38(76)71(15)48(28(5)6)61(87)89-32(11)44(55(81)65-42)67-53(79)35-20-19-30(9)51-46(35)64-47-40(41(63)50(78)31(10)52(47)91-51)54(80)68-45-33(12)90-62(88)49(29(7)8)72(16)39(77)25-70(14)58(84)37-22-34(75)23-74(37)60(86)43(27(3)4)66-56(45)82/h19-20,26-29,31-34,36-37,42-45,48-49,52,75H,17-18,21-25,63H2,1-16H3,(H,65,81)(H,66,82)(H,67,79)(H,68,80)/t31?,32?,33?,34?,36-,37+,42+,43-,44?,45?,48?,49?,52?/m0/s1. The number of ether oxygens (including phenoxy) is 3. The Bertz CT molecular complexity index is 3220. The molecule has 6 aliphatic rings. The predicted molar refractivity (Wildman–Crippen MR) is 325 cm³/mol. The normalized spacial score (nSPS) is 29.8. The van der Waals surface area contributed by atoms with Crippen molar-refractivity contribution in [1.82, 2.24) is 50.7 Å². The second kappa shape index (κ2) is 27.9. The van der Waals surface area contributed by atoms with Gasteiger partial charge in [0.05, 0.1) is 47.7 Å². The van der Waals surface area contributed by atoms with Crippen molar-refractivity contribution in [2.24, 2.45) is 40.3 Å². The summed E-state index contributed by atoms with van der Waals surface area (Å²) in [7, 11) is 5.47. The number of hydrogen-bond acceptors (Lipinski definition) is 19. The number of cyclic esters (lactones) is 2. The maximum absolute atomic E-state index is 15.2. The third-order valence-electron chi connectivity index (χ3n) is 17.9. The number of allylic oxidation sites excluding steroid dienone is 1. The van der Waals surface area contributed by atoms with Gasteiger partial charge in [0.1, 0.15) is 72.0 Å². The molecule has 1 aliphatic carbocycles. The van der Waals surface area contributed by atoms with Gasteiger partial charge in [-0.25, -0.2) is 14.6 Å². The lowest BCUT2D eigenvalue weighted by Crippen LogP contribution is -2.62. The van der Waals surface area contributed by atoms with Crippen molar-refractivity contribution in [3.63, 3.8) is 0 Å². The predicted octanol–water partition coefficient (Wildman–Crippen LogP) is -1.15. The summed E-state index contributed by atoms with van der Waals surface area (Å²) in [4.78, 5) is 199. The number of aliphatic imine (C=N–C) groups is 1. The Morgan fingerprint density at radius 3 is 1.60 bits per heavy atom. The van der Waals surface area contributed by atoms with Crippen LogP contribution < -0.4 is 31.7 Å². The number of amides is 10. The molecule has 9 unspecified atom stereocenters. The van der Waals surface area contributed by atoms with Crippen LogP contribution in [0.4, 0.5) is 5.69 Å². The largest absolute Gasteiger partial charge is 0.481 e. The average molecular weight is 1270 g/mol. The number of rotatable bonds is 8. The number of aliphatic hydroxyl groups is 1. The van der Waals surface area contributed by atoms with Crippen molar-refractivity contribution < 1.29 is 81.6 Å². The average Bonchev–Trinajstić information content (AvgIpc) is 1.39. The molecule has 7 rings (SSSR count). The van der Waals surface area contributed by atoms with Crippen LogP contribution in [0.25, 0.3) is 0 Å². The van der Waals surface area contributed by atoms with Gasteiger partial charge >= 0.3 is 11.9 Å². The molecule has 0 spiro atoms. The first-order valence-electron chi connectivity index (χ1n) is 30.9. The Hall–Kier alpha value is -8.50. The minimum Gasteiger partial charge on any atom is -0.481 e. The number of aryl methyl sites for hydroxylation is 1. The number of nitrogens with two attached hydrogens (primary N) is 1. The van der Waals surface area contributed by atoms with Gasteiger partial charge in [0.2, 0.25) is 47.3 Å². The molecule has 29 heteroatoms. The van der Waals surface area contributed by atoms with Gasteiger partial charge in [0.15, 0.2) is 11.9 Å². The Labute approximate surface area is 528 Å². The Kier molecular flexibility index (Phi) is 21.5. The van der Waals surface area contributed by atoms with Crippen LogP contribution in [0.15, 0.2) is 28.4 Å². The van der Waals surface area contributed by atoms with Crippen LogP contribution in [-0.2, 0) is 67.0 Å². The fourth-order valence-electron chi connectivity index (χ4n) is 12.6. The van der Waals surface area contributed by atoms with Gasteiger partial charge in [-0.2, -0.15) is 0 Å². The second-order valence-electron chi connectivity index (χ2n) is 26.1. The summed E-state index contributed by atoms with van der Waals surface area (Å²) in [6, 6.07) is -8.36. The highest BCUT2D eigenvalue weighted by Gasteiger charge is 2.50. The lowest BCUT2D eigenvalue weighted by Gasteiger charge is -2.37. The summed E-state index contributed by atoms with van der Waals surface area (Å²) >= 11 is 0. The number of carbonyl (C=O) groups is 13. The minimum atomic E-state index is -1.92. The van der Waals surface area contributed by atoms with Crippen LogP contribution in [0, 0.1) is 36.5 Å². The molecule has 91 heavy (non-hydrogen) atoms. The molecule has 29 nitrogen and oxygen atoms in total. The fourth-order valence-corrected chi connectivity index (χ4v) is 12.6. The molecule has 0 bridgehead atoms. The van der Waals surface area contributed by atoms with Gasteiger partial charge in [0, 0.05) is 47.7 Å². The van der Waals surface area contributed by atoms with Gasteiger partial charge in [-0.3, -0.25) is 52.7 Å². The maximum Gasteiger partial charge on any atom is 0.329 e. The van der Waals surface area contributed by atoms with E-state index in [-0.39, 0.29) is 48.6 Å². The molecule has 0 saturated carbocycles. The number of hydrogen-bond donors (Lipinski definition) is 6. The lowest BCUT2D eigenvalue weighted by molar-refractivity contribution is -0.163. The number of esters is 2. The van der Waals surface area contributed by atoms with E-state index in [9.17, 15) is 57.8 Å². The Morgan fingerprint density at radius 2 is 1.12 bits per heavy atom. The molecule has 4 saturated heterocycles. The van der Waals surface area contributed by atoms with Crippen LogP contribution in [0.3, 0.4) is 0 Å². The number of aliphatic hydroxyl groups excluding tert-OH is 1.